The molecule has 0 aromatic heterocycles. The van der Waals surface area contributed by atoms with Gasteiger partial charge in [-0.3, -0.25) is 4.79 Å². The maximum atomic E-state index is 12.7. The zero-order valence-corrected chi connectivity index (χ0v) is 17.9. The number of nitrogens with one attached hydrogen (secondary N) is 2. The number of aryl methyl sites for hydroxylation is 1. The number of urea groups is 1. The van der Waals surface area contributed by atoms with Crippen molar-refractivity contribution in [1.29, 1.82) is 0 Å². The van der Waals surface area contributed by atoms with Gasteiger partial charge in [-0.2, -0.15) is 0 Å². The highest BCUT2D eigenvalue weighted by molar-refractivity contribution is 6.30. The Morgan fingerprint density at radius 2 is 1.76 bits per heavy atom. The van der Waals surface area contributed by atoms with Crippen LogP contribution in [-0.4, -0.2) is 29.9 Å². The molecule has 154 valence electrons. The fraction of sp³-hybridized carbons (Fsp3) is 0.391. The lowest BCUT2D eigenvalue weighted by atomic mass is 9.98. The number of amides is 3. The monoisotopic (exact) mass is 413 g/mol. The summed E-state index contributed by atoms with van der Waals surface area (Å²) in [5, 5.41) is 6.45. The van der Waals surface area contributed by atoms with E-state index in [1.54, 1.807) is 24.3 Å². The first-order valence-electron chi connectivity index (χ1n) is 10.1. The normalized spacial score (nSPS) is 15.7. The summed E-state index contributed by atoms with van der Waals surface area (Å²) in [5.74, 6) is 0.744. The Kier molecular flexibility index (Phi) is 6.80. The van der Waals surface area contributed by atoms with Crippen molar-refractivity contribution in [2.24, 2.45) is 5.92 Å². The van der Waals surface area contributed by atoms with Crippen molar-refractivity contribution >= 4 is 29.2 Å². The molecule has 0 spiro atoms. The molecular formula is C23H28ClN3O2. The molecule has 1 aliphatic rings. The lowest BCUT2D eigenvalue weighted by Crippen LogP contribution is -2.38. The molecule has 1 atom stereocenters. The van der Waals surface area contributed by atoms with Crippen LogP contribution in [0.4, 0.5) is 10.5 Å². The fourth-order valence-corrected chi connectivity index (χ4v) is 3.65. The number of rotatable bonds is 4. The van der Waals surface area contributed by atoms with Gasteiger partial charge in [0.25, 0.3) is 5.91 Å². The number of halogens is 1. The molecule has 0 saturated carbocycles. The van der Waals surface area contributed by atoms with Gasteiger partial charge in [-0.15, -0.1) is 0 Å². The lowest BCUT2D eigenvalue weighted by molar-refractivity contribution is 0.0697. The minimum atomic E-state index is -0.292. The Morgan fingerprint density at radius 3 is 2.38 bits per heavy atom. The predicted octanol–water partition coefficient (Wildman–Crippen LogP) is 5.40. The van der Waals surface area contributed by atoms with E-state index < -0.39 is 0 Å². The number of hydrogen-bond acceptors (Lipinski definition) is 2. The molecule has 1 heterocycles. The van der Waals surface area contributed by atoms with Crippen LogP contribution in [0.25, 0.3) is 0 Å². The molecule has 0 aliphatic carbocycles. The van der Waals surface area contributed by atoms with Crippen molar-refractivity contribution in [3.05, 3.63) is 64.2 Å². The highest BCUT2D eigenvalue weighted by Gasteiger charge is 2.22. The van der Waals surface area contributed by atoms with E-state index in [1.165, 1.54) is 0 Å². The second-order valence-electron chi connectivity index (χ2n) is 7.88. The average molecular weight is 414 g/mol. The number of likely N-dealkylation sites (tertiary alicyclic amines) is 1. The van der Waals surface area contributed by atoms with Crippen molar-refractivity contribution in [1.82, 2.24) is 10.2 Å². The zero-order valence-electron chi connectivity index (χ0n) is 17.2. The number of carbonyl (C=O) groups is 2. The van der Waals surface area contributed by atoms with Crippen LogP contribution in [0.15, 0.2) is 42.5 Å². The molecule has 1 saturated heterocycles. The maximum absolute atomic E-state index is 12.7. The highest BCUT2D eigenvalue weighted by atomic mass is 35.5. The number of hydrogen-bond donors (Lipinski definition) is 2. The molecule has 5 nitrogen and oxygen atoms in total. The molecule has 2 aromatic carbocycles. The summed E-state index contributed by atoms with van der Waals surface area (Å²) in [6, 6.07) is 12.4. The smallest absolute Gasteiger partial charge is 0.319 e. The van der Waals surface area contributed by atoms with Gasteiger partial charge in [0.2, 0.25) is 0 Å². The Morgan fingerprint density at radius 1 is 1.10 bits per heavy atom. The van der Waals surface area contributed by atoms with Crippen molar-refractivity contribution in [3.8, 4) is 0 Å². The predicted molar refractivity (Wildman–Crippen MR) is 118 cm³/mol. The van der Waals surface area contributed by atoms with Gasteiger partial charge in [0.1, 0.15) is 0 Å². The fourth-order valence-electron chi connectivity index (χ4n) is 3.52. The minimum Gasteiger partial charge on any atom is -0.339 e. The van der Waals surface area contributed by atoms with Gasteiger partial charge in [-0.1, -0.05) is 30.7 Å². The third-order valence-corrected chi connectivity index (χ3v) is 5.76. The molecule has 1 aliphatic heterocycles. The third-order valence-electron chi connectivity index (χ3n) is 5.51. The summed E-state index contributed by atoms with van der Waals surface area (Å²) in [4.78, 5) is 27.0. The summed E-state index contributed by atoms with van der Waals surface area (Å²) in [6.45, 7) is 7.66. The van der Waals surface area contributed by atoms with Gasteiger partial charge in [-0.25, -0.2) is 4.79 Å². The average Bonchev–Trinajstić information content (AvgIpc) is 2.70. The van der Waals surface area contributed by atoms with Crippen LogP contribution < -0.4 is 10.6 Å². The Bertz CT molecular complexity index is 874. The van der Waals surface area contributed by atoms with Crippen LogP contribution in [0.1, 0.15) is 54.2 Å². The first-order valence-corrected chi connectivity index (χ1v) is 10.4. The minimum absolute atomic E-state index is 0.0624. The Balaban J connectivity index is 1.60. The van der Waals surface area contributed by atoms with E-state index in [-0.39, 0.29) is 18.0 Å². The van der Waals surface area contributed by atoms with Crippen molar-refractivity contribution in [2.75, 3.05) is 18.4 Å². The third kappa shape index (κ3) is 5.51. The van der Waals surface area contributed by atoms with Gasteiger partial charge in [0, 0.05) is 29.4 Å². The molecule has 29 heavy (non-hydrogen) atoms. The summed E-state index contributed by atoms with van der Waals surface area (Å²) >= 11 is 5.91. The SMILES string of the molecule is Cc1cc(C(=O)N2CCC(C)CC2)ccc1NC(=O)NC(C)c1ccc(Cl)cc1. The number of piperidine rings is 1. The van der Waals surface area contributed by atoms with E-state index in [2.05, 4.69) is 17.6 Å². The topological polar surface area (TPSA) is 61.4 Å². The van der Waals surface area contributed by atoms with Gasteiger partial charge in [0.15, 0.2) is 0 Å². The van der Waals surface area contributed by atoms with Crippen LogP contribution in [0, 0.1) is 12.8 Å². The quantitative estimate of drug-likeness (QED) is 0.704. The molecular weight excluding hydrogens is 386 g/mol. The van der Waals surface area contributed by atoms with E-state index >= 15 is 0 Å². The maximum Gasteiger partial charge on any atom is 0.319 e. The zero-order chi connectivity index (χ0) is 21.0. The van der Waals surface area contributed by atoms with Crippen molar-refractivity contribution < 1.29 is 9.59 Å². The van der Waals surface area contributed by atoms with Crippen molar-refractivity contribution in [2.45, 2.75) is 39.7 Å². The number of benzene rings is 2. The number of nitrogens with zero attached hydrogens (tertiary/aromatic N) is 1. The van der Waals surface area contributed by atoms with Crippen LogP contribution in [-0.2, 0) is 0 Å². The summed E-state index contributed by atoms with van der Waals surface area (Å²) < 4.78 is 0. The van der Waals surface area contributed by atoms with E-state index in [0.717, 1.165) is 37.1 Å². The molecule has 0 radical (unpaired) electrons. The molecule has 2 N–H and O–H groups in total. The largest absolute Gasteiger partial charge is 0.339 e. The second-order valence-corrected chi connectivity index (χ2v) is 8.31. The van der Waals surface area contributed by atoms with Crippen LogP contribution in [0.2, 0.25) is 5.02 Å². The molecule has 0 bridgehead atoms. The molecule has 3 rings (SSSR count). The van der Waals surface area contributed by atoms with Gasteiger partial charge >= 0.3 is 6.03 Å². The number of anilines is 1. The van der Waals surface area contributed by atoms with E-state index in [4.69, 9.17) is 11.6 Å². The van der Waals surface area contributed by atoms with E-state index in [1.807, 2.05) is 36.9 Å². The lowest BCUT2D eigenvalue weighted by Gasteiger charge is -2.30. The van der Waals surface area contributed by atoms with Gasteiger partial charge in [-0.05, 0) is 74.1 Å². The molecule has 3 amide bonds. The molecule has 6 heteroatoms. The first kappa shape index (κ1) is 21.2. The second kappa shape index (κ2) is 9.31. The number of carbonyl (C=O) groups excluding carboxylic acids is 2. The summed E-state index contributed by atoms with van der Waals surface area (Å²) in [7, 11) is 0. The van der Waals surface area contributed by atoms with Crippen LogP contribution in [0.3, 0.4) is 0 Å². The molecule has 1 fully saturated rings. The highest BCUT2D eigenvalue weighted by Crippen LogP contribution is 2.22. The summed E-state index contributed by atoms with van der Waals surface area (Å²) in [5.41, 5.74) is 3.18. The molecule has 2 aromatic rings. The van der Waals surface area contributed by atoms with E-state index in [0.29, 0.717) is 22.2 Å². The van der Waals surface area contributed by atoms with Gasteiger partial charge in [0.05, 0.1) is 6.04 Å². The van der Waals surface area contributed by atoms with Crippen LogP contribution >= 0.6 is 11.6 Å². The standard InChI is InChI=1S/C23H28ClN3O2/c1-15-10-12-27(13-11-15)22(28)19-6-9-21(16(2)14-19)26-23(29)25-17(3)18-4-7-20(24)8-5-18/h4-9,14-15,17H,10-13H2,1-3H3,(H2,25,26,29). The van der Waals surface area contributed by atoms with Gasteiger partial charge < -0.3 is 15.5 Å². The molecule has 1 unspecified atom stereocenters. The first-order chi connectivity index (χ1) is 13.8. The summed E-state index contributed by atoms with van der Waals surface area (Å²) in [6.07, 6.45) is 2.10. The Labute approximate surface area is 177 Å². The van der Waals surface area contributed by atoms with Crippen molar-refractivity contribution in [3.63, 3.8) is 0 Å². The Hall–Kier alpha value is -2.53. The van der Waals surface area contributed by atoms with Crippen LogP contribution in [0.5, 0.6) is 0 Å². The van der Waals surface area contributed by atoms with E-state index in [9.17, 15) is 9.59 Å².